The Morgan fingerprint density at radius 2 is 2.03 bits per heavy atom. The lowest BCUT2D eigenvalue weighted by atomic mass is 9.53. The molecule has 4 fully saturated rings. The summed E-state index contributed by atoms with van der Waals surface area (Å²) in [5, 5.41) is 3.11. The van der Waals surface area contributed by atoms with Crippen molar-refractivity contribution in [3.05, 3.63) is 71.3 Å². The number of fused-ring (bicyclic) bond motifs is 2. The van der Waals surface area contributed by atoms with E-state index < -0.39 is 0 Å². The number of anilines is 2. The van der Waals surface area contributed by atoms with E-state index in [2.05, 4.69) is 33.3 Å². The molecule has 8 rings (SSSR count). The molecule has 5 aliphatic heterocycles. The lowest BCUT2D eigenvalue weighted by molar-refractivity contribution is -0.132. The molecule has 34 heavy (non-hydrogen) atoms. The number of carbonyl (C=O) groups is 2. The van der Waals surface area contributed by atoms with Crippen molar-refractivity contribution in [3.63, 3.8) is 0 Å². The number of hydrogen-bond acceptors (Lipinski definition) is 4. The van der Waals surface area contributed by atoms with Crippen LogP contribution in [-0.4, -0.2) is 54.6 Å². The van der Waals surface area contributed by atoms with Crippen molar-refractivity contribution in [2.24, 2.45) is 11.8 Å². The number of ether oxygens (including phenoxy) is 1. The second kappa shape index (κ2) is 6.58. The van der Waals surface area contributed by atoms with Crippen molar-refractivity contribution in [2.75, 3.05) is 29.9 Å². The number of carbonyl (C=O) groups excluding carboxylic acids is 2. The van der Waals surface area contributed by atoms with Gasteiger partial charge in [0.25, 0.3) is 5.91 Å². The fourth-order valence-electron chi connectivity index (χ4n) is 8.42. The smallest absolute Gasteiger partial charge is 0.255 e. The van der Waals surface area contributed by atoms with Gasteiger partial charge >= 0.3 is 0 Å². The molecule has 2 amide bonds. The van der Waals surface area contributed by atoms with E-state index in [1.165, 1.54) is 11.1 Å². The zero-order valence-corrected chi connectivity index (χ0v) is 18.9. The van der Waals surface area contributed by atoms with Crippen LogP contribution in [0.1, 0.15) is 35.2 Å². The molecule has 0 radical (unpaired) electrons. The normalized spacial score (nSPS) is 36.6. The standard InChI is InChI=1S/C28H27N3O3/c32-24-14-22-25-19-13-23-28(9-10-30(23)15-17(19)8-11-34-22)20-12-18(6-7-21(20)31(24)26(25)28)29-27(33)16-4-2-1-3-5-16/h1-8,12,19,22-23,25-26H,9-11,13-15H2,(H,29,33)/t19-,22-,23-,25-,26-,28+/m0/s1. The Hall–Kier alpha value is -2.96. The van der Waals surface area contributed by atoms with Gasteiger partial charge in [-0.05, 0) is 61.2 Å². The molecule has 0 aromatic heterocycles. The molecular formula is C28H27N3O3. The number of nitrogens with zero attached hydrogens (tertiary/aromatic N) is 2. The summed E-state index contributed by atoms with van der Waals surface area (Å²) < 4.78 is 6.32. The first kappa shape index (κ1) is 19.4. The van der Waals surface area contributed by atoms with Crippen molar-refractivity contribution in [1.82, 2.24) is 4.90 Å². The SMILES string of the molecule is O=C(Nc1ccc2c(c1)[C@@]13CCN4CC5=CCO[C@H]6CC(=O)N2[C@H]1[C@H]6[C@H]5C[C@H]43)c1ccccc1. The minimum atomic E-state index is -0.105. The van der Waals surface area contributed by atoms with Gasteiger partial charge in [-0.2, -0.15) is 0 Å². The minimum absolute atomic E-state index is 0.00374. The van der Waals surface area contributed by atoms with Crippen LogP contribution < -0.4 is 10.2 Å². The van der Waals surface area contributed by atoms with Crippen molar-refractivity contribution in [3.8, 4) is 0 Å². The van der Waals surface area contributed by atoms with Gasteiger partial charge < -0.3 is 15.0 Å². The fourth-order valence-corrected chi connectivity index (χ4v) is 8.42. The number of rotatable bonds is 2. The molecule has 2 aromatic rings. The second-order valence-electron chi connectivity index (χ2n) is 10.8. The van der Waals surface area contributed by atoms with Gasteiger partial charge in [0.05, 0.1) is 25.2 Å². The fraction of sp³-hybridized carbons (Fsp3) is 0.429. The van der Waals surface area contributed by atoms with Crippen LogP contribution in [0.4, 0.5) is 11.4 Å². The Bertz CT molecular complexity index is 1270. The lowest BCUT2D eigenvalue weighted by Crippen LogP contribution is -2.69. The van der Waals surface area contributed by atoms with Crippen molar-refractivity contribution in [2.45, 2.75) is 42.9 Å². The third kappa shape index (κ3) is 2.28. The summed E-state index contributed by atoms with van der Waals surface area (Å²) in [6.07, 6.45) is 4.98. The predicted molar refractivity (Wildman–Crippen MR) is 128 cm³/mol. The van der Waals surface area contributed by atoms with Crippen LogP contribution in [0, 0.1) is 11.8 Å². The molecule has 5 heterocycles. The van der Waals surface area contributed by atoms with Gasteiger partial charge in [-0.15, -0.1) is 0 Å². The summed E-state index contributed by atoms with van der Waals surface area (Å²) in [7, 11) is 0. The van der Waals surface area contributed by atoms with Crippen LogP contribution in [0.5, 0.6) is 0 Å². The molecule has 1 aliphatic carbocycles. The first-order chi connectivity index (χ1) is 16.6. The van der Waals surface area contributed by atoms with Crippen LogP contribution in [0.15, 0.2) is 60.2 Å². The number of hydrogen-bond donors (Lipinski definition) is 1. The van der Waals surface area contributed by atoms with Gasteiger partial charge in [0.15, 0.2) is 0 Å². The summed E-state index contributed by atoms with van der Waals surface area (Å²) >= 11 is 0. The molecule has 1 spiro atoms. The first-order valence-electron chi connectivity index (χ1n) is 12.5. The number of amides is 2. The summed E-state index contributed by atoms with van der Waals surface area (Å²) in [5.41, 5.74) is 5.19. The average molecular weight is 454 g/mol. The van der Waals surface area contributed by atoms with Gasteiger partial charge in [0.1, 0.15) is 0 Å². The van der Waals surface area contributed by atoms with E-state index in [1.54, 1.807) is 0 Å². The van der Waals surface area contributed by atoms with E-state index >= 15 is 0 Å². The largest absolute Gasteiger partial charge is 0.373 e. The zero-order valence-electron chi connectivity index (χ0n) is 18.9. The van der Waals surface area contributed by atoms with Crippen LogP contribution in [0.25, 0.3) is 0 Å². The van der Waals surface area contributed by atoms with Crippen LogP contribution in [0.3, 0.4) is 0 Å². The first-order valence-corrected chi connectivity index (χ1v) is 12.5. The van der Waals surface area contributed by atoms with Gasteiger partial charge in [-0.1, -0.05) is 29.8 Å². The molecule has 1 saturated carbocycles. The zero-order chi connectivity index (χ0) is 22.6. The Morgan fingerprint density at radius 1 is 1.15 bits per heavy atom. The number of benzene rings is 2. The Balaban J connectivity index is 1.27. The Morgan fingerprint density at radius 3 is 2.91 bits per heavy atom. The van der Waals surface area contributed by atoms with Crippen molar-refractivity contribution >= 4 is 23.2 Å². The maximum atomic E-state index is 13.6. The monoisotopic (exact) mass is 453 g/mol. The summed E-state index contributed by atoms with van der Waals surface area (Å²) in [6.45, 7) is 2.72. The molecule has 1 N–H and O–H groups in total. The quantitative estimate of drug-likeness (QED) is 0.709. The van der Waals surface area contributed by atoms with E-state index in [1.807, 2.05) is 36.4 Å². The molecular weight excluding hydrogens is 426 g/mol. The highest BCUT2D eigenvalue weighted by Crippen LogP contribution is 2.65. The molecule has 6 atom stereocenters. The van der Waals surface area contributed by atoms with Crippen LogP contribution in [-0.2, 0) is 14.9 Å². The Labute approximate surface area is 198 Å². The van der Waals surface area contributed by atoms with Gasteiger partial charge in [0.2, 0.25) is 5.91 Å². The van der Waals surface area contributed by atoms with Gasteiger partial charge in [-0.25, -0.2) is 0 Å². The molecule has 2 bridgehead atoms. The summed E-state index contributed by atoms with van der Waals surface area (Å²) in [5.74, 6) is 0.934. The summed E-state index contributed by atoms with van der Waals surface area (Å²) in [4.78, 5) is 31.2. The average Bonchev–Trinajstić information content (AvgIpc) is 3.32. The van der Waals surface area contributed by atoms with Crippen LogP contribution in [0.2, 0.25) is 0 Å². The highest BCUT2D eigenvalue weighted by molar-refractivity contribution is 6.05. The Kier molecular flexibility index (Phi) is 3.75. The minimum Gasteiger partial charge on any atom is -0.373 e. The highest BCUT2D eigenvalue weighted by Gasteiger charge is 2.71. The third-order valence-corrected chi connectivity index (χ3v) is 9.60. The van der Waals surface area contributed by atoms with E-state index in [-0.39, 0.29) is 29.4 Å². The molecule has 6 nitrogen and oxygen atoms in total. The van der Waals surface area contributed by atoms with E-state index in [0.717, 1.165) is 37.3 Å². The third-order valence-electron chi connectivity index (χ3n) is 9.60. The maximum absolute atomic E-state index is 13.6. The molecule has 2 aromatic carbocycles. The number of nitrogens with one attached hydrogen (secondary N) is 1. The second-order valence-corrected chi connectivity index (χ2v) is 10.8. The topological polar surface area (TPSA) is 61.9 Å². The lowest BCUT2D eigenvalue weighted by Gasteiger charge is -2.58. The highest BCUT2D eigenvalue weighted by atomic mass is 16.5. The number of piperidine rings is 2. The summed E-state index contributed by atoms with van der Waals surface area (Å²) in [6, 6.07) is 16.1. The van der Waals surface area contributed by atoms with Crippen LogP contribution >= 0.6 is 0 Å². The molecule has 0 unspecified atom stereocenters. The molecule has 3 saturated heterocycles. The molecule has 6 aliphatic rings. The van der Waals surface area contributed by atoms with Crippen molar-refractivity contribution < 1.29 is 14.3 Å². The van der Waals surface area contributed by atoms with Crippen molar-refractivity contribution in [1.29, 1.82) is 0 Å². The van der Waals surface area contributed by atoms with E-state index in [0.29, 0.717) is 36.5 Å². The van der Waals surface area contributed by atoms with Gasteiger partial charge in [0, 0.05) is 40.9 Å². The van der Waals surface area contributed by atoms with E-state index in [4.69, 9.17) is 4.74 Å². The van der Waals surface area contributed by atoms with Gasteiger partial charge in [-0.3, -0.25) is 14.5 Å². The predicted octanol–water partition coefficient (Wildman–Crippen LogP) is 3.34. The van der Waals surface area contributed by atoms with E-state index in [9.17, 15) is 9.59 Å². The molecule has 172 valence electrons. The maximum Gasteiger partial charge on any atom is 0.255 e. The molecule has 6 heteroatoms.